The van der Waals surface area contributed by atoms with Crippen molar-refractivity contribution >= 4 is 27.3 Å². The third-order valence-electron chi connectivity index (χ3n) is 4.20. The first-order chi connectivity index (χ1) is 11.8. The maximum absolute atomic E-state index is 13.9. The molecule has 2 heterocycles. The molecule has 0 radical (unpaired) electrons. The van der Waals surface area contributed by atoms with Gasteiger partial charge in [0.2, 0.25) is 10.0 Å². The van der Waals surface area contributed by atoms with Gasteiger partial charge < -0.3 is 4.90 Å². The van der Waals surface area contributed by atoms with Gasteiger partial charge in [-0.05, 0) is 49.1 Å². The zero-order chi connectivity index (χ0) is 18.2. The average Bonchev–Trinajstić information content (AvgIpc) is 3.19. The van der Waals surface area contributed by atoms with Crippen molar-refractivity contribution in [1.82, 2.24) is 4.90 Å². The van der Waals surface area contributed by atoms with Crippen molar-refractivity contribution in [1.29, 1.82) is 0 Å². The van der Waals surface area contributed by atoms with Gasteiger partial charge in [-0.25, -0.2) is 22.3 Å². The maximum Gasteiger partial charge on any atom is 0.255 e. The molecular formula is C16H16F2N2O3S2. The zero-order valence-electron chi connectivity index (χ0n) is 13.1. The molecule has 1 aliphatic heterocycles. The summed E-state index contributed by atoms with van der Waals surface area (Å²) >= 11 is 0.883. The Bertz CT molecular complexity index is 912. The number of nitrogens with two attached hydrogens (primary N) is 1. The zero-order valence-corrected chi connectivity index (χ0v) is 14.7. The number of hydrogen-bond acceptors (Lipinski definition) is 4. The van der Waals surface area contributed by atoms with E-state index < -0.39 is 21.7 Å². The summed E-state index contributed by atoms with van der Waals surface area (Å²) in [6.45, 7) is 0.487. The van der Waals surface area contributed by atoms with E-state index in [0.29, 0.717) is 13.0 Å². The molecule has 25 heavy (non-hydrogen) atoms. The number of carbonyl (C=O) groups excluding carboxylic acids is 1. The Hall–Kier alpha value is -1.84. The standard InChI is InChI=1S/C16H16F2N2O3S2/c17-12-3-4-14(18)10(6-12)7-13-2-1-5-20(13)16(21)11-8-15(24-9-11)25(19,22)23/h3-4,6,8-9,13H,1-2,5,7H2,(H2,19,22,23)/t13-/m1/s1. The summed E-state index contributed by atoms with van der Waals surface area (Å²) in [6, 6.07) is 4.25. The SMILES string of the molecule is NS(=O)(=O)c1cc(C(=O)N2CCC[C@@H]2Cc2cc(F)ccc2F)cs1. The summed E-state index contributed by atoms with van der Waals surface area (Å²) in [5.41, 5.74) is 0.459. The lowest BCUT2D eigenvalue weighted by Gasteiger charge is -2.24. The summed E-state index contributed by atoms with van der Waals surface area (Å²) in [5.74, 6) is -1.36. The van der Waals surface area contributed by atoms with Crippen molar-refractivity contribution in [3.05, 3.63) is 52.4 Å². The second-order valence-corrected chi connectivity index (χ2v) is 8.63. The Labute approximate surface area is 148 Å². The molecule has 1 aliphatic rings. The summed E-state index contributed by atoms with van der Waals surface area (Å²) in [6.07, 6.45) is 1.63. The van der Waals surface area contributed by atoms with Gasteiger partial charge in [0, 0.05) is 18.0 Å². The van der Waals surface area contributed by atoms with Crippen molar-refractivity contribution < 1.29 is 22.0 Å². The van der Waals surface area contributed by atoms with Crippen LogP contribution in [0.25, 0.3) is 0 Å². The Kier molecular flexibility index (Phi) is 4.90. The number of amides is 1. The second-order valence-electron chi connectivity index (χ2n) is 5.93. The number of benzene rings is 1. The van der Waals surface area contributed by atoms with Crippen molar-refractivity contribution in [2.75, 3.05) is 6.54 Å². The number of primary sulfonamides is 1. The Balaban J connectivity index is 1.80. The molecule has 1 saturated heterocycles. The van der Waals surface area contributed by atoms with E-state index in [1.807, 2.05) is 0 Å². The number of sulfonamides is 1. The number of likely N-dealkylation sites (tertiary alicyclic amines) is 1. The second kappa shape index (κ2) is 6.81. The van der Waals surface area contributed by atoms with Crippen molar-refractivity contribution in [3.63, 3.8) is 0 Å². The molecule has 5 nitrogen and oxygen atoms in total. The highest BCUT2D eigenvalue weighted by Crippen LogP contribution is 2.27. The van der Waals surface area contributed by atoms with Crippen molar-refractivity contribution in [2.45, 2.75) is 29.5 Å². The van der Waals surface area contributed by atoms with E-state index in [1.54, 1.807) is 4.90 Å². The lowest BCUT2D eigenvalue weighted by Crippen LogP contribution is -2.36. The van der Waals surface area contributed by atoms with E-state index >= 15 is 0 Å². The summed E-state index contributed by atoms with van der Waals surface area (Å²) in [4.78, 5) is 14.3. The van der Waals surface area contributed by atoms with Gasteiger partial charge in [0.15, 0.2) is 0 Å². The Morgan fingerprint density at radius 3 is 2.76 bits per heavy atom. The monoisotopic (exact) mass is 386 g/mol. The Morgan fingerprint density at radius 1 is 1.32 bits per heavy atom. The van der Waals surface area contributed by atoms with E-state index in [0.717, 1.165) is 36.0 Å². The molecule has 1 amide bonds. The molecule has 0 unspecified atom stereocenters. The van der Waals surface area contributed by atoms with Gasteiger partial charge in [-0.2, -0.15) is 0 Å². The molecule has 0 spiro atoms. The first-order valence-electron chi connectivity index (χ1n) is 7.62. The van der Waals surface area contributed by atoms with Crippen LogP contribution in [0.4, 0.5) is 8.78 Å². The topological polar surface area (TPSA) is 80.5 Å². The molecule has 134 valence electrons. The minimum Gasteiger partial charge on any atom is -0.335 e. The normalized spacial score (nSPS) is 17.9. The molecule has 3 rings (SSSR count). The van der Waals surface area contributed by atoms with Crippen LogP contribution >= 0.6 is 11.3 Å². The number of hydrogen-bond donors (Lipinski definition) is 1. The first-order valence-corrected chi connectivity index (χ1v) is 10.0. The van der Waals surface area contributed by atoms with Crippen LogP contribution in [0.1, 0.15) is 28.8 Å². The molecule has 2 N–H and O–H groups in total. The third kappa shape index (κ3) is 3.88. The van der Waals surface area contributed by atoms with Crippen LogP contribution in [0.3, 0.4) is 0 Å². The van der Waals surface area contributed by atoms with E-state index in [9.17, 15) is 22.0 Å². The number of thiophene rings is 1. The van der Waals surface area contributed by atoms with Gasteiger partial charge in [-0.15, -0.1) is 11.3 Å². The number of halogens is 2. The van der Waals surface area contributed by atoms with Gasteiger partial charge in [0.05, 0.1) is 5.56 Å². The number of nitrogens with zero attached hydrogens (tertiary/aromatic N) is 1. The average molecular weight is 386 g/mol. The smallest absolute Gasteiger partial charge is 0.255 e. The number of carbonyl (C=O) groups is 1. The fraction of sp³-hybridized carbons (Fsp3) is 0.312. The molecular weight excluding hydrogens is 370 g/mol. The highest BCUT2D eigenvalue weighted by molar-refractivity contribution is 7.91. The summed E-state index contributed by atoms with van der Waals surface area (Å²) < 4.78 is 49.8. The minimum absolute atomic E-state index is 0.0808. The van der Waals surface area contributed by atoms with E-state index in [4.69, 9.17) is 5.14 Å². The van der Waals surface area contributed by atoms with E-state index in [-0.39, 0.29) is 33.7 Å². The van der Waals surface area contributed by atoms with Crippen LogP contribution in [0.15, 0.2) is 33.9 Å². The quantitative estimate of drug-likeness (QED) is 0.877. The number of rotatable bonds is 4. The molecule has 9 heteroatoms. The van der Waals surface area contributed by atoms with Crippen LogP contribution in [0.5, 0.6) is 0 Å². The van der Waals surface area contributed by atoms with Gasteiger partial charge >= 0.3 is 0 Å². The fourth-order valence-corrected chi connectivity index (χ4v) is 4.59. The van der Waals surface area contributed by atoms with E-state index in [2.05, 4.69) is 0 Å². The molecule has 1 fully saturated rings. The third-order valence-corrected chi connectivity index (χ3v) is 6.59. The summed E-state index contributed by atoms with van der Waals surface area (Å²) in [7, 11) is -3.85. The highest BCUT2D eigenvalue weighted by atomic mass is 32.2. The maximum atomic E-state index is 13.9. The Morgan fingerprint density at radius 2 is 2.08 bits per heavy atom. The lowest BCUT2D eigenvalue weighted by molar-refractivity contribution is 0.0736. The van der Waals surface area contributed by atoms with Crippen LogP contribution < -0.4 is 5.14 Å². The van der Waals surface area contributed by atoms with Gasteiger partial charge in [0.1, 0.15) is 15.8 Å². The van der Waals surface area contributed by atoms with Crippen LogP contribution in [0, 0.1) is 11.6 Å². The molecule has 0 bridgehead atoms. The minimum atomic E-state index is -3.85. The largest absolute Gasteiger partial charge is 0.335 e. The predicted molar refractivity (Wildman–Crippen MR) is 89.8 cm³/mol. The highest BCUT2D eigenvalue weighted by Gasteiger charge is 2.31. The molecule has 0 saturated carbocycles. The molecule has 1 atom stereocenters. The van der Waals surface area contributed by atoms with Crippen LogP contribution in [-0.4, -0.2) is 31.8 Å². The van der Waals surface area contributed by atoms with Gasteiger partial charge in [-0.1, -0.05) is 0 Å². The fourth-order valence-electron chi connectivity index (χ4n) is 3.01. The first kappa shape index (κ1) is 18.0. The van der Waals surface area contributed by atoms with Gasteiger partial charge in [0.25, 0.3) is 5.91 Å². The predicted octanol–water partition coefficient (Wildman–Crippen LogP) is 2.52. The summed E-state index contributed by atoms with van der Waals surface area (Å²) in [5, 5.41) is 6.51. The molecule has 1 aromatic carbocycles. The van der Waals surface area contributed by atoms with E-state index in [1.165, 1.54) is 11.4 Å². The molecule has 2 aromatic rings. The van der Waals surface area contributed by atoms with Crippen molar-refractivity contribution in [3.8, 4) is 0 Å². The van der Waals surface area contributed by atoms with Crippen molar-refractivity contribution in [2.24, 2.45) is 5.14 Å². The molecule has 0 aliphatic carbocycles. The lowest BCUT2D eigenvalue weighted by atomic mass is 10.0. The van der Waals surface area contributed by atoms with Crippen LogP contribution in [0.2, 0.25) is 0 Å². The van der Waals surface area contributed by atoms with Gasteiger partial charge in [-0.3, -0.25) is 4.79 Å². The van der Waals surface area contributed by atoms with Crippen LogP contribution in [-0.2, 0) is 16.4 Å². The molecule has 1 aromatic heterocycles.